The predicted octanol–water partition coefficient (Wildman–Crippen LogP) is 3.30. The molecule has 4 heteroatoms. The van der Waals surface area contributed by atoms with E-state index < -0.39 is 0 Å². The van der Waals surface area contributed by atoms with Crippen molar-refractivity contribution in [2.45, 2.75) is 18.2 Å². The molecular weight excluding hydrogens is 208 g/mol. The molecule has 13 heavy (non-hydrogen) atoms. The molecule has 0 saturated carbocycles. The Morgan fingerprint density at radius 3 is 2.85 bits per heavy atom. The highest BCUT2D eigenvalue weighted by Gasteiger charge is 2.04. The molecule has 0 aliphatic carbocycles. The maximum atomic E-state index is 10.8. The Morgan fingerprint density at radius 1 is 1.54 bits per heavy atom. The number of benzene rings is 1. The van der Waals surface area contributed by atoms with Gasteiger partial charge in [-0.15, -0.1) is 0 Å². The second kappa shape index (κ2) is 5.14. The summed E-state index contributed by atoms with van der Waals surface area (Å²) >= 11 is 6.84. The average Bonchev–Trinajstić information content (AvgIpc) is 2.16. The second-order valence-corrected chi connectivity index (χ2v) is 3.50. The zero-order valence-corrected chi connectivity index (χ0v) is 8.69. The van der Waals surface area contributed by atoms with Crippen molar-refractivity contribution in [2.75, 3.05) is 0 Å². The molecule has 0 bridgehead atoms. The summed E-state index contributed by atoms with van der Waals surface area (Å²) in [5.74, 6) is -0.245. The lowest BCUT2D eigenvalue weighted by molar-refractivity contribution is -0.132. The number of hydrogen-bond acceptors (Lipinski definition) is 3. The minimum atomic E-state index is -0.245. The quantitative estimate of drug-likeness (QED) is 0.726. The van der Waals surface area contributed by atoms with Crippen LogP contribution in [0.3, 0.4) is 0 Å². The Hall–Kier alpha value is -0.670. The van der Waals surface area contributed by atoms with Gasteiger partial charge < -0.3 is 4.18 Å². The lowest BCUT2D eigenvalue weighted by Gasteiger charge is -2.01. The van der Waals surface area contributed by atoms with E-state index >= 15 is 0 Å². The van der Waals surface area contributed by atoms with Gasteiger partial charge in [-0.05, 0) is 12.1 Å². The molecule has 0 fully saturated rings. The fraction of sp³-hybridized carbons (Fsp3) is 0.222. The third kappa shape index (κ3) is 3.28. The van der Waals surface area contributed by atoms with Crippen LogP contribution >= 0.6 is 23.6 Å². The Morgan fingerprint density at radius 2 is 2.23 bits per heavy atom. The average molecular weight is 217 g/mol. The smallest absolute Gasteiger partial charge is 0.317 e. The van der Waals surface area contributed by atoms with E-state index in [9.17, 15) is 4.79 Å². The van der Waals surface area contributed by atoms with Crippen LogP contribution < -0.4 is 0 Å². The number of hydrogen-bond donors (Lipinski definition) is 0. The molecule has 0 heterocycles. The minimum Gasteiger partial charge on any atom is -0.386 e. The Kier molecular flexibility index (Phi) is 4.12. The normalized spacial score (nSPS) is 9.69. The number of rotatable bonds is 3. The number of halogens is 1. The van der Waals surface area contributed by atoms with Gasteiger partial charge in [0.2, 0.25) is 0 Å². The van der Waals surface area contributed by atoms with Crippen LogP contribution in [-0.4, -0.2) is 5.97 Å². The third-order valence-electron chi connectivity index (χ3n) is 1.35. The predicted molar refractivity (Wildman–Crippen MR) is 53.7 cm³/mol. The molecule has 1 aromatic carbocycles. The Labute approximate surface area is 86.4 Å². The topological polar surface area (TPSA) is 26.3 Å². The zero-order chi connectivity index (χ0) is 9.68. The lowest BCUT2D eigenvalue weighted by atomic mass is 10.4. The van der Waals surface area contributed by atoms with Crippen LogP contribution in [0.2, 0.25) is 5.02 Å². The van der Waals surface area contributed by atoms with E-state index in [1.807, 2.05) is 12.1 Å². The Balaban J connectivity index is 2.54. The van der Waals surface area contributed by atoms with Crippen LogP contribution in [0.25, 0.3) is 0 Å². The SMILES string of the molecule is CCC(=O)OSc1ccccc1Cl. The van der Waals surface area contributed by atoms with E-state index in [0.29, 0.717) is 11.4 Å². The van der Waals surface area contributed by atoms with Crippen molar-refractivity contribution >= 4 is 29.6 Å². The van der Waals surface area contributed by atoms with Crippen molar-refractivity contribution in [1.82, 2.24) is 0 Å². The van der Waals surface area contributed by atoms with E-state index in [1.165, 1.54) is 0 Å². The maximum absolute atomic E-state index is 10.8. The van der Waals surface area contributed by atoms with Gasteiger partial charge in [-0.25, -0.2) is 0 Å². The lowest BCUT2D eigenvalue weighted by Crippen LogP contribution is -1.94. The van der Waals surface area contributed by atoms with E-state index in [2.05, 4.69) is 0 Å². The van der Waals surface area contributed by atoms with Crippen molar-refractivity contribution < 1.29 is 8.98 Å². The first-order chi connectivity index (χ1) is 6.24. The molecule has 1 aromatic rings. The highest BCUT2D eigenvalue weighted by atomic mass is 35.5. The molecule has 0 saturated heterocycles. The molecule has 0 amide bonds. The zero-order valence-electron chi connectivity index (χ0n) is 7.12. The van der Waals surface area contributed by atoms with Crippen LogP contribution in [0, 0.1) is 0 Å². The summed E-state index contributed by atoms with van der Waals surface area (Å²) in [7, 11) is 0. The fourth-order valence-electron chi connectivity index (χ4n) is 0.663. The number of carbonyl (C=O) groups is 1. The molecule has 0 radical (unpaired) electrons. The monoisotopic (exact) mass is 216 g/mol. The van der Waals surface area contributed by atoms with Gasteiger partial charge in [-0.3, -0.25) is 4.79 Å². The van der Waals surface area contributed by atoms with Crippen LogP contribution in [0.4, 0.5) is 0 Å². The summed E-state index contributed by atoms with van der Waals surface area (Å²) in [6.45, 7) is 1.75. The summed E-state index contributed by atoms with van der Waals surface area (Å²) in [5, 5.41) is 0.594. The molecule has 70 valence electrons. The largest absolute Gasteiger partial charge is 0.386 e. The van der Waals surface area contributed by atoms with Gasteiger partial charge in [0.15, 0.2) is 0 Å². The van der Waals surface area contributed by atoms with Crippen LogP contribution in [0.15, 0.2) is 29.2 Å². The van der Waals surface area contributed by atoms with Crippen LogP contribution in [0.5, 0.6) is 0 Å². The van der Waals surface area contributed by atoms with E-state index in [0.717, 1.165) is 16.9 Å². The van der Waals surface area contributed by atoms with Gasteiger partial charge in [0.05, 0.1) is 22.0 Å². The molecule has 0 aromatic heterocycles. The molecule has 0 aliphatic heterocycles. The van der Waals surface area contributed by atoms with Crippen molar-refractivity contribution in [3.8, 4) is 0 Å². The van der Waals surface area contributed by atoms with Crippen LogP contribution in [-0.2, 0) is 8.98 Å². The molecule has 0 unspecified atom stereocenters. The molecule has 0 atom stereocenters. The first kappa shape index (κ1) is 10.4. The molecular formula is C9H9ClO2S. The summed E-state index contributed by atoms with van der Waals surface area (Å²) in [5.41, 5.74) is 0. The van der Waals surface area contributed by atoms with Crippen molar-refractivity contribution in [3.63, 3.8) is 0 Å². The van der Waals surface area contributed by atoms with Gasteiger partial charge in [-0.1, -0.05) is 30.7 Å². The van der Waals surface area contributed by atoms with Gasteiger partial charge in [0.1, 0.15) is 0 Å². The van der Waals surface area contributed by atoms with Crippen molar-refractivity contribution in [3.05, 3.63) is 29.3 Å². The van der Waals surface area contributed by atoms with Crippen molar-refractivity contribution in [1.29, 1.82) is 0 Å². The molecule has 0 aliphatic rings. The standard InChI is InChI=1S/C9H9ClO2S/c1-2-9(11)12-13-8-6-4-3-5-7(8)10/h3-6H,2H2,1H3. The second-order valence-electron chi connectivity index (χ2n) is 2.32. The van der Waals surface area contributed by atoms with E-state index in [-0.39, 0.29) is 5.97 Å². The molecule has 0 spiro atoms. The van der Waals surface area contributed by atoms with Crippen molar-refractivity contribution in [2.24, 2.45) is 0 Å². The van der Waals surface area contributed by atoms with E-state index in [4.69, 9.17) is 15.8 Å². The highest BCUT2D eigenvalue weighted by molar-refractivity contribution is 7.95. The summed E-state index contributed by atoms with van der Waals surface area (Å²) in [6.07, 6.45) is 0.372. The highest BCUT2D eigenvalue weighted by Crippen LogP contribution is 2.27. The van der Waals surface area contributed by atoms with E-state index in [1.54, 1.807) is 19.1 Å². The third-order valence-corrected chi connectivity index (χ3v) is 2.60. The first-order valence-corrected chi connectivity index (χ1v) is 4.98. The molecule has 0 N–H and O–H groups in total. The number of carbonyl (C=O) groups excluding carboxylic acids is 1. The molecule has 2 nitrogen and oxygen atoms in total. The first-order valence-electron chi connectivity index (χ1n) is 3.86. The van der Waals surface area contributed by atoms with Gasteiger partial charge in [0.25, 0.3) is 0 Å². The molecule has 1 rings (SSSR count). The van der Waals surface area contributed by atoms with Gasteiger partial charge in [-0.2, -0.15) is 0 Å². The Bertz CT molecular complexity index is 301. The van der Waals surface area contributed by atoms with Crippen LogP contribution in [0.1, 0.15) is 13.3 Å². The fourth-order valence-corrected chi connectivity index (χ4v) is 1.48. The summed E-state index contributed by atoms with van der Waals surface area (Å²) in [6, 6.07) is 7.22. The maximum Gasteiger partial charge on any atom is 0.317 e. The summed E-state index contributed by atoms with van der Waals surface area (Å²) in [4.78, 5) is 11.6. The summed E-state index contributed by atoms with van der Waals surface area (Å²) < 4.78 is 4.85. The van der Waals surface area contributed by atoms with Gasteiger partial charge in [0, 0.05) is 6.42 Å². The minimum absolute atomic E-state index is 0.245. The van der Waals surface area contributed by atoms with Gasteiger partial charge >= 0.3 is 5.97 Å².